The van der Waals surface area contributed by atoms with E-state index < -0.39 is 4.92 Å². The number of aromatic nitrogens is 2. The first-order valence-electron chi connectivity index (χ1n) is 4.78. The lowest BCUT2D eigenvalue weighted by atomic mass is 10.2. The van der Waals surface area contributed by atoms with Crippen LogP contribution in [0.15, 0.2) is 24.4 Å². The quantitative estimate of drug-likeness (QED) is 0.640. The second kappa shape index (κ2) is 5.14. The summed E-state index contributed by atoms with van der Waals surface area (Å²) < 4.78 is 1.36. The van der Waals surface area contributed by atoms with E-state index in [1.165, 1.54) is 10.9 Å². The Hall–Kier alpha value is -1.30. The van der Waals surface area contributed by atoms with Crippen LogP contribution in [0, 0.1) is 10.1 Å². The fourth-order valence-corrected chi connectivity index (χ4v) is 2.10. The number of benzene rings is 1. The minimum Gasteiger partial charge on any atom is -0.358 e. The van der Waals surface area contributed by atoms with Crippen molar-refractivity contribution in [1.29, 1.82) is 0 Å². The summed E-state index contributed by atoms with van der Waals surface area (Å²) in [4.78, 5) is 9.96. The summed E-state index contributed by atoms with van der Waals surface area (Å²) in [7, 11) is 0. The largest absolute Gasteiger partial charge is 0.408 e. The van der Waals surface area contributed by atoms with Gasteiger partial charge in [0.2, 0.25) is 0 Å². The van der Waals surface area contributed by atoms with Crippen molar-refractivity contribution in [3.05, 3.63) is 55.1 Å². The van der Waals surface area contributed by atoms with Crippen LogP contribution in [0.25, 0.3) is 0 Å². The predicted molar refractivity (Wildman–Crippen MR) is 69.5 cm³/mol. The summed E-state index contributed by atoms with van der Waals surface area (Å²) in [5, 5.41) is 15.3. The summed E-state index contributed by atoms with van der Waals surface area (Å²) in [5.41, 5.74) is 0.745. The van der Waals surface area contributed by atoms with Crippen LogP contribution in [0.4, 0.5) is 5.82 Å². The Kier molecular flexibility index (Phi) is 3.75. The average Bonchev–Trinajstić information content (AvgIpc) is 2.64. The molecule has 0 aliphatic heterocycles. The summed E-state index contributed by atoms with van der Waals surface area (Å²) in [6.07, 6.45) is 1.38. The molecule has 2 rings (SSSR count). The van der Waals surface area contributed by atoms with Crippen molar-refractivity contribution >= 4 is 40.6 Å². The zero-order valence-corrected chi connectivity index (χ0v) is 11.1. The SMILES string of the molecule is O=[N+]([O-])c1nn(Cc2ccc(Cl)cc2Cl)cc1Cl. The molecule has 1 aromatic heterocycles. The maximum absolute atomic E-state index is 10.6. The molecule has 0 aliphatic rings. The summed E-state index contributed by atoms with van der Waals surface area (Å²) in [6, 6.07) is 5.01. The average molecular weight is 307 g/mol. The Morgan fingerprint density at radius 3 is 2.56 bits per heavy atom. The third kappa shape index (κ3) is 2.75. The van der Waals surface area contributed by atoms with E-state index in [9.17, 15) is 10.1 Å². The maximum Gasteiger partial charge on any atom is 0.408 e. The van der Waals surface area contributed by atoms with Crippen LogP contribution >= 0.6 is 34.8 Å². The highest BCUT2D eigenvalue weighted by Crippen LogP contribution is 2.25. The number of nitro groups is 1. The van der Waals surface area contributed by atoms with Crippen molar-refractivity contribution < 1.29 is 4.92 Å². The summed E-state index contributed by atoms with van der Waals surface area (Å²) in [5.74, 6) is -0.373. The standard InChI is InChI=1S/C10H6Cl3N3O2/c11-7-2-1-6(8(12)3-7)4-15-5-9(13)10(14-15)16(17)18/h1-3,5H,4H2. The lowest BCUT2D eigenvalue weighted by Crippen LogP contribution is -2.01. The van der Waals surface area contributed by atoms with Gasteiger partial charge in [0.25, 0.3) is 0 Å². The molecule has 0 amide bonds. The molecular weight excluding hydrogens is 300 g/mol. The van der Waals surface area contributed by atoms with E-state index in [1.807, 2.05) is 0 Å². The first kappa shape index (κ1) is 13.1. The van der Waals surface area contributed by atoms with Crippen molar-refractivity contribution in [2.75, 3.05) is 0 Å². The first-order chi connectivity index (χ1) is 8.47. The van der Waals surface area contributed by atoms with E-state index in [0.29, 0.717) is 10.0 Å². The third-order valence-corrected chi connectivity index (χ3v) is 3.07. The van der Waals surface area contributed by atoms with Crippen molar-refractivity contribution in [1.82, 2.24) is 9.78 Å². The molecule has 94 valence electrons. The summed E-state index contributed by atoms with van der Waals surface area (Å²) >= 11 is 17.5. The van der Waals surface area contributed by atoms with Gasteiger partial charge in [0.05, 0.1) is 17.8 Å². The van der Waals surface area contributed by atoms with Crippen molar-refractivity contribution in [3.63, 3.8) is 0 Å². The minimum absolute atomic E-state index is 0.00918. The number of nitrogens with zero attached hydrogens (tertiary/aromatic N) is 3. The molecule has 0 aliphatic carbocycles. The van der Waals surface area contributed by atoms with Crippen molar-refractivity contribution in [2.45, 2.75) is 6.54 Å². The molecule has 1 heterocycles. The number of rotatable bonds is 3. The molecule has 0 N–H and O–H groups in total. The Labute approximate surface area is 117 Å². The monoisotopic (exact) mass is 305 g/mol. The predicted octanol–water partition coefficient (Wildman–Crippen LogP) is 3.80. The van der Waals surface area contributed by atoms with Crippen molar-refractivity contribution in [2.24, 2.45) is 0 Å². The fourth-order valence-electron chi connectivity index (χ4n) is 1.42. The van der Waals surface area contributed by atoms with Crippen LogP contribution in [0.5, 0.6) is 0 Å². The van der Waals surface area contributed by atoms with Crippen LogP contribution in [0.1, 0.15) is 5.56 Å². The van der Waals surface area contributed by atoms with E-state index in [1.54, 1.807) is 18.2 Å². The molecule has 5 nitrogen and oxygen atoms in total. The third-order valence-electron chi connectivity index (χ3n) is 2.22. The minimum atomic E-state index is -0.637. The van der Waals surface area contributed by atoms with E-state index in [-0.39, 0.29) is 17.4 Å². The molecule has 0 atom stereocenters. The van der Waals surface area contributed by atoms with Crippen LogP contribution in [-0.2, 0) is 6.54 Å². The molecule has 0 bridgehead atoms. The summed E-state index contributed by atoms with van der Waals surface area (Å²) in [6.45, 7) is 0.281. The Morgan fingerprint density at radius 2 is 2.00 bits per heavy atom. The normalized spacial score (nSPS) is 10.6. The van der Waals surface area contributed by atoms with Gasteiger partial charge < -0.3 is 10.1 Å². The van der Waals surface area contributed by atoms with Gasteiger partial charge in [-0.2, -0.15) is 4.68 Å². The molecule has 0 spiro atoms. The van der Waals surface area contributed by atoms with Gasteiger partial charge in [0, 0.05) is 10.0 Å². The van der Waals surface area contributed by atoms with Crippen molar-refractivity contribution in [3.8, 4) is 0 Å². The number of hydrogen-bond donors (Lipinski definition) is 0. The van der Waals surface area contributed by atoms with Gasteiger partial charge in [-0.25, -0.2) is 0 Å². The zero-order valence-electron chi connectivity index (χ0n) is 8.81. The highest BCUT2D eigenvalue weighted by Gasteiger charge is 2.19. The molecule has 0 fully saturated rings. The van der Waals surface area contributed by atoms with E-state index in [0.717, 1.165) is 5.56 Å². The van der Waals surface area contributed by atoms with Gasteiger partial charge in [0.1, 0.15) is 0 Å². The molecule has 0 unspecified atom stereocenters. The molecule has 0 saturated heterocycles. The molecule has 8 heteroatoms. The van der Waals surface area contributed by atoms with Gasteiger partial charge in [-0.3, -0.25) is 0 Å². The Bertz CT molecular complexity index is 612. The van der Waals surface area contributed by atoms with Gasteiger partial charge in [-0.15, -0.1) is 0 Å². The van der Waals surface area contributed by atoms with Gasteiger partial charge in [-0.05, 0) is 22.6 Å². The molecule has 0 saturated carbocycles. The first-order valence-corrected chi connectivity index (χ1v) is 5.92. The smallest absolute Gasteiger partial charge is 0.358 e. The maximum atomic E-state index is 10.6. The number of hydrogen-bond acceptors (Lipinski definition) is 3. The number of halogens is 3. The molecule has 18 heavy (non-hydrogen) atoms. The van der Waals surface area contributed by atoms with Crippen LogP contribution in [0.2, 0.25) is 15.1 Å². The zero-order chi connectivity index (χ0) is 13.3. The highest BCUT2D eigenvalue weighted by atomic mass is 35.5. The molecular formula is C10H6Cl3N3O2. The van der Waals surface area contributed by atoms with Gasteiger partial charge in [-0.1, -0.05) is 40.9 Å². The lowest BCUT2D eigenvalue weighted by molar-refractivity contribution is -0.389. The van der Waals surface area contributed by atoms with E-state index >= 15 is 0 Å². The highest BCUT2D eigenvalue weighted by molar-refractivity contribution is 6.35. The second-order valence-electron chi connectivity index (χ2n) is 3.49. The topological polar surface area (TPSA) is 61.0 Å². The van der Waals surface area contributed by atoms with Crippen LogP contribution < -0.4 is 0 Å². The second-order valence-corrected chi connectivity index (χ2v) is 4.74. The van der Waals surface area contributed by atoms with E-state index in [4.69, 9.17) is 34.8 Å². The molecule has 0 radical (unpaired) electrons. The Morgan fingerprint density at radius 1 is 1.28 bits per heavy atom. The molecule has 1 aromatic carbocycles. The lowest BCUT2D eigenvalue weighted by Gasteiger charge is -2.02. The van der Waals surface area contributed by atoms with Gasteiger partial charge >= 0.3 is 5.82 Å². The van der Waals surface area contributed by atoms with Crippen LogP contribution in [-0.4, -0.2) is 14.7 Å². The van der Waals surface area contributed by atoms with E-state index in [2.05, 4.69) is 5.10 Å². The van der Waals surface area contributed by atoms with Gasteiger partial charge in [0.15, 0.2) is 5.02 Å². The Balaban J connectivity index is 2.29. The molecule has 2 aromatic rings. The van der Waals surface area contributed by atoms with Crippen LogP contribution in [0.3, 0.4) is 0 Å². The fraction of sp³-hybridized carbons (Fsp3) is 0.100.